The van der Waals surface area contributed by atoms with Gasteiger partial charge in [-0.25, -0.2) is 0 Å². The van der Waals surface area contributed by atoms with Crippen LogP contribution in [0, 0.1) is 6.92 Å². The zero-order valence-corrected chi connectivity index (χ0v) is 14.3. The van der Waals surface area contributed by atoms with Crippen LogP contribution in [-0.2, 0) is 6.54 Å². The number of carbonyl (C=O) groups excluding carboxylic acids is 1. The van der Waals surface area contributed by atoms with Crippen LogP contribution < -0.4 is 5.32 Å². The molecule has 0 saturated carbocycles. The average Bonchev–Trinajstić information content (AvgIpc) is 3.02. The summed E-state index contributed by atoms with van der Waals surface area (Å²) in [6.45, 7) is 2.19. The number of benzene rings is 1. The molecule has 24 heavy (non-hydrogen) atoms. The van der Waals surface area contributed by atoms with Gasteiger partial charge in [-0.3, -0.25) is 9.78 Å². The Kier molecular flexibility index (Phi) is 4.96. The van der Waals surface area contributed by atoms with Gasteiger partial charge in [-0.2, -0.15) is 0 Å². The highest BCUT2D eigenvalue weighted by molar-refractivity contribution is 7.98. The highest BCUT2D eigenvalue weighted by Crippen LogP contribution is 2.24. The van der Waals surface area contributed by atoms with Gasteiger partial charge in [0.2, 0.25) is 0 Å². The van der Waals surface area contributed by atoms with Gasteiger partial charge in [0.05, 0.1) is 0 Å². The SMILES string of the molecule is CSc1ccc(CNC(=O)c2c(-c3ccncc3)noc2C)cc1. The molecule has 1 N–H and O–H groups in total. The fourth-order valence-corrected chi connectivity index (χ4v) is 2.77. The van der Waals surface area contributed by atoms with Gasteiger partial charge < -0.3 is 9.84 Å². The number of hydrogen-bond donors (Lipinski definition) is 1. The van der Waals surface area contributed by atoms with E-state index in [1.165, 1.54) is 4.90 Å². The van der Waals surface area contributed by atoms with E-state index >= 15 is 0 Å². The van der Waals surface area contributed by atoms with E-state index in [0.717, 1.165) is 11.1 Å². The lowest BCUT2D eigenvalue weighted by Gasteiger charge is -2.06. The van der Waals surface area contributed by atoms with E-state index in [0.29, 0.717) is 23.6 Å². The van der Waals surface area contributed by atoms with E-state index in [1.54, 1.807) is 43.2 Å². The second kappa shape index (κ2) is 7.31. The fourth-order valence-electron chi connectivity index (χ4n) is 2.36. The molecule has 0 saturated heterocycles. The third-order valence-corrected chi connectivity index (χ3v) is 4.40. The number of carbonyl (C=O) groups is 1. The van der Waals surface area contributed by atoms with Crippen LogP contribution in [0.3, 0.4) is 0 Å². The lowest BCUT2D eigenvalue weighted by atomic mass is 10.1. The monoisotopic (exact) mass is 339 g/mol. The smallest absolute Gasteiger partial charge is 0.257 e. The van der Waals surface area contributed by atoms with Crippen LogP contribution in [0.25, 0.3) is 11.3 Å². The minimum absolute atomic E-state index is 0.200. The summed E-state index contributed by atoms with van der Waals surface area (Å²) < 4.78 is 5.22. The topological polar surface area (TPSA) is 68.0 Å². The Bertz CT molecular complexity index is 829. The maximum atomic E-state index is 12.6. The van der Waals surface area contributed by atoms with Crippen molar-refractivity contribution in [2.75, 3.05) is 6.26 Å². The van der Waals surface area contributed by atoms with Crippen LogP contribution in [0.1, 0.15) is 21.7 Å². The van der Waals surface area contributed by atoms with E-state index < -0.39 is 0 Å². The van der Waals surface area contributed by atoms with Gasteiger partial charge in [-0.15, -0.1) is 11.8 Å². The normalized spacial score (nSPS) is 10.6. The van der Waals surface area contributed by atoms with Crippen molar-refractivity contribution >= 4 is 17.7 Å². The van der Waals surface area contributed by atoms with Crippen molar-refractivity contribution in [1.29, 1.82) is 0 Å². The first-order valence-electron chi connectivity index (χ1n) is 7.47. The molecular formula is C18H17N3O2S. The Labute approximate surface area is 144 Å². The van der Waals surface area contributed by atoms with Crippen LogP contribution in [0.2, 0.25) is 0 Å². The second-order valence-corrected chi connectivity index (χ2v) is 6.11. The summed E-state index contributed by atoms with van der Waals surface area (Å²) in [6.07, 6.45) is 5.36. The summed E-state index contributed by atoms with van der Waals surface area (Å²) >= 11 is 1.69. The van der Waals surface area contributed by atoms with Crippen LogP contribution in [0.15, 0.2) is 58.2 Å². The highest BCUT2D eigenvalue weighted by Gasteiger charge is 2.21. The quantitative estimate of drug-likeness (QED) is 0.718. The second-order valence-electron chi connectivity index (χ2n) is 5.23. The third kappa shape index (κ3) is 3.49. The number of aromatic nitrogens is 2. The van der Waals surface area contributed by atoms with Crippen molar-refractivity contribution in [3.8, 4) is 11.3 Å². The molecule has 0 bridgehead atoms. The van der Waals surface area contributed by atoms with E-state index in [-0.39, 0.29) is 5.91 Å². The van der Waals surface area contributed by atoms with Crippen LogP contribution in [0.4, 0.5) is 0 Å². The molecule has 1 aromatic carbocycles. The molecule has 0 unspecified atom stereocenters. The third-order valence-electron chi connectivity index (χ3n) is 3.66. The van der Waals surface area contributed by atoms with Crippen LogP contribution in [-0.4, -0.2) is 22.3 Å². The van der Waals surface area contributed by atoms with Gasteiger partial charge >= 0.3 is 0 Å². The summed E-state index contributed by atoms with van der Waals surface area (Å²) in [5, 5.41) is 6.95. The summed E-state index contributed by atoms with van der Waals surface area (Å²) in [5.74, 6) is 0.298. The molecule has 0 fully saturated rings. The molecule has 0 aliphatic rings. The maximum absolute atomic E-state index is 12.6. The average molecular weight is 339 g/mol. The predicted octanol–water partition coefficient (Wildman–Crippen LogP) is 3.70. The van der Waals surface area contributed by atoms with Crippen molar-refractivity contribution in [3.63, 3.8) is 0 Å². The Morgan fingerprint density at radius 2 is 1.88 bits per heavy atom. The zero-order valence-electron chi connectivity index (χ0n) is 13.4. The van der Waals surface area contributed by atoms with Crippen LogP contribution in [0.5, 0.6) is 0 Å². The van der Waals surface area contributed by atoms with Crippen molar-refractivity contribution in [1.82, 2.24) is 15.5 Å². The van der Waals surface area contributed by atoms with E-state index in [1.807, 2.05) is 30.5 Å². The summed E-state index contributed by atoms with van der Waals surface area (Å²) in [7, 11) is 0. The number of amides is 1. The largest absolute Gasteiger partial charge is 0.360 e. The minimum Gasteiger partial charge on any atom is -0.360 e. The van der Waals surface area contributed by atoms with E-state index in [9.17, 15) is 4.79 Å². The van der Waals surface area contributed by atoms with E-state index in [4.69, 9.17) is 4.52 Å². The lowest BCUT2D eigenvalue weighted by Crippen LogP contribution is -2.23. The minimum atomic E-state index is -0.200. The number of nitrogens with zero attached hydrogens (tertiary/aromatic N) is 2. The van der Waals surface area contributed by atoms with Gasteiger partial charge in [-0.1, -0.05) is 17.3 Å². The van der Waals surface area contributed by atoms with Gasteiger partial charge in [-0.05, 0) is 43.0 Å². The number of pyridine rings is 1. The molecule has 3 aromatic rings. The molecule has 0 spiro atoms. The first-order chi connectivity index (χ1) is 11.7. The highest BCUT2D eigenvalue weighted by atomic mass is 32.2. The first kappa shape index (κ1) is 16.3. The van der Waals surface area contributed by atoms with Gasteiger partial charge in [0.1, 0.15) is 17.0 Å². The number of hydrogen-bond acceptors (Lipinski definition) is 5. The van der Waals surface area contributed by atoms with Gasteiger partial charge in [0, 0.05) is 29.4 Å². The van der Waals surface area contributed by atoms with Crippen molar-refractivity contribution < 1.29 is 9.32 Å². The molecule has 2 aromatic heterocycles. The Hall–Kier alpha value is -2.60. The molecule has 0 radical (unpaired) electrons. The maximum Gasteiger partial charge on any atom is 0.257 e. The molecule has 2 heterocycles. The number of thioether (sulfide) groups is 1. The Morgan fingerprint density at radius 1 is 1.17 bits per heavy atom. The molecular weight excluding hydrogens is 322 g/mol. The van der Waals surface area contributed by atoms with Gasteiger partial charge in [0.15, 0.2) is 0 Å². The Balaban J connectivity index is 1.76. The predicted molar refractivity (Wildman–Crippen MR) is 93.9 cm³/mol. The summed E-state index contributed by atoms with van der Waals surface area (Å²) in [4.78, 5) is 17.8. The van der Waals surface area contributed by atoms with Crippen LogP contribution >= 0.6 is 11.8 Å². The van der Waals surface area contributed by atoms with Crippen molar-refractivity contribution in [3.05, 3.63) is 65.7 Å². The van der Waals surface area contributed by atoms with Crippen molar-refractivity contribution in [2.24, 2.45) is 0 Å². The van der Waals surface area contributed by atoms with Crippen molar-refractivity contribution in [2.45, 2.75) is 18.4 Å². The molecule has 3 rings (SSSR count). The van der Waals surface area contributed by atoms with Gasteiger partial charge in [0.25, 0.3) is 5.91 Å². The summed E-state index contributed by atoms with van der Waals surface area (Å²) in [6, 6.07) is 11.7. The number of rotatable bonds is 5. The molecule has 122 valence electrons. The molecule has 6 heteroatoms. The summed E-state index contributed by atoms with van der Waals surface area (Å²) in [5.41, 5.74) is 2.84. The molecule has 0 aliphatic carbocycles. The first-order valence-corrected chi connectivity index (χ1v) is 8.69. The zero-order chi connectivity index (χ0) is 16.9. The lowest BCUT2D eigenvalue weighted by molar-refractivity contribution is 0.0950. The molecule has 5 nitrogen and oxygen atoms in total. The molecule has 0 atom stereocenters. The fraction of sp³-hybridized carbons (Fsp3) is 0.167. The molecule has 1 amide bonds. The van der Waals surface area contributed by atoms with E-state index in [2.05, 4.69) is 15.5 Å². The standard InChI is InChI=1S/C18H17N3O2S/c1-12-16(17(21-23-12)14-7-9-19-10-8-14)18(22)20-11-13-3-5-15(24-2)6-4-13/h3-10H,11H2,1-2H3,(H,20,22). The molecule has 0 aliphatic heterocycles. The Morgan fingerprint density at radius 3 is 2.54 bits per heavy atom. The number of aryl methyl sites for hydroxylation is 1. The number of nitrogens with one attached hydrogen (secondary N) is 1.